The molecule has 0 saturated carbocycles. The molecule has 3 aromatic rings. The molecule has 292 valence electrons. The monoisotopic (exact) mass is 817 g/mol. The highest BCUT2D eigenvalue weighted by Crippen LogP contribution is 2.49. The number of nitrogens with one attached hydrogen (secondary N) is 1. The van der Waals surface area contributed by atoms with Crippen molar-refractivity contribution < 1.29 is 48.9 Å². The summed E-state index contributed by atoms with van der Waals surface area (Å²) in [7, 11) is 0. The van der Waals surface area contributed by atoms with Crippen molar-refractivity contribution in [2.45, 2.75) is 68.8 Å². The molecular weight excluding hydrogens is 780 g/mol. The number of hydrogen-bond donors (Lipinski definition) is 6. The summed E-state index contributed by atoms with van der Waals surface area (Å²) in [5.74, 6) is -5.10. The van der Waals surface area contributed by atoms with Gasteiger partial charge in [-0.25, -0.2) is 19.3 Å². The molecule has 0 aliphatic carbocycles. The van der Waals surface area contributed by atoms with Crippen LogP contribution in [0.25, 0.3) is 10.8 Å². The first-order valence-corrected chi connectivity index (χ1v) is 19.5. The van der Waals surface area contributed by atoms with Crippen LogP contribution in [0.15, 0.2) is 38.9 Å². The molecule has 21 heteroatoms. The largest absolute Gasteiger partial charge is 0.504 e. The van der Waals surface area contributed by atoms with Crippen molar-refractivity contribution >= 4 is 80.1 Å². The Balaban J connectivity index is 1.07. The van der Waals surface area contributed by atoms with E-state index in [-0.39, 0.29) is 37.6 Å². The molecule has 1 aromatic carbocycles. The standard InChI is InChI=1S/C34H37ClN8O10S2/c1-15-17(12-43-7-4-34(5-8-43,6-9-43)14-41-27(47)20-16(11-37-41)10-19(44)25(45)21(20)35)24(30(49)50)42-28(48)23(29(42)55-15)39-26(46)22(18-13-54-32(36)38-18)40-53-33(2,3)31(51)52/h10-11,13,15,23,29H,4-9,12,14H2,1-3H3,(H6-,36,37,38,39,40,44,45,46,47,49,50,51,52)/p+1/t15-,23+,29+,34?,43?/m0/s1. The van der Waals surface area contributed by atoms with E-state index in [1.807, 2.05) is 6.92 Å². The lowest BCUT2D eigenvalue weighted by Crippen LogP contribution is -2.72. The second-order valence-electron chi connectivity index (χ2n) is 15.0. The van der Waals surface area contributed by atoms with Gasteiger partial charge in [0.15, 0.2) is 22.3 Å². The number of carbonyl (C=O) groups is 4. The number of phenolic OH excluding ortho intramolecular Hbond substituents is 2. The zero-order chi connectivity index (χ0) is 39.8. The predicted octanol–water partition coefficient (Wildman–Crippen LogP) is 1.91. The topological polar surface area (TPSA) is 260 Å². The van der Waals surface area contributed by atoms with E-state index in [9.17, 15) is 44.4 Å². The number of nitrogens with two attached hydrogens (primary N) is 1. The third-order valence-corrected chi connectivity index (χ3v) is 13.6. The number of thioether (sulfide) groups is 1. The number of phenols is 2. The summed E-state index contributed by atoms with van der Waals surface area (Å²) < 4.78 is 1.98. The number of halogens is 1. The molecule has 2 aromatic heterocycles. The maximum absolute atomic E-state index is 13.6. The molecule has 55 heavy (non-hydrogen) atoms. The van der Waals surface area contributed by atoms with Gasteiger partial charge in [-0.15, -0.1) is 23.1 Å². The Morgan fingerprint density at radius 2 is 1.85 bits per heavy atom. The molecule has 7 N–H and O–H groups in total. The molecule has 5 aliphatic rings. The smallest absolute Gasteiger partial charge is 0.352 e. The van der Waals surface area contributed by atoms with Gasteiger partial charge in [-0.1, -0.05) is 16.8 Å². The number of piperidine rings is 3. The van der Waals surface area contributed by atoms with E-state index >= 15 is 0 Å². The number of benzene rings is 1. The number of β-lactam (4-membered cyclic amide) rings is 1. The number of thiazole rings is 1. The number of anilines is 1. The van der Waals surface area contributed by atoms with E-state index in [0.29, 0.717) is 48.2 Å². The number of quaternary nitrogens is 1. The molecule has 8 rings (SSSR count). The summed E-state index contributed by atoms with van der Waals surface area (Å²) in [6, 6.07) is 0.130. The number of aromatic hydroxyl groups is 2. The Bertz CT molecular complexity index is 2270. The van der Waals surface area contributed by atoms with Crippen LogP contribution in [0.2, 0.25) is 5.02 Å². The first kappa shape index (κ1) is 38.4. The predicted molar refractivity (Wildman–Crippen MR) is 200 cm³/mol. The lowest BCUT2D eigenvalue weighted by Gasteiger charge is -2.56. The normalized spacial score (nSPS) is 26.5. The van der Waals surface area contributed by atoms with Gasteiger partial charge in [0.1, 0.15) is 29.4 Å². The van der Waals surface area contributed by atoms with Crippen molar-refractivity contribution in [3.05, 3.63) is 50.0 Å². The van der Waals surface area contributed by atoms with Crippen LogP contribution in [0.3, 0.4) is 0 Å². The SMILES string of the molecule is C[C@@H]1S[C@@H]2[C@H](NC(=O)/C(=N\OC(C)(C)C(=O)O)c3csc(N)n3)C(=O)N2C(C(=O)O)=C1C[N+]12CCC(Cn3ncc4cc(O)c(O)c(Cl)c4c3=O)(CC1)CC2. The van der Waals surface area contributed by atoms with Gasteiger partial charge >= 0.3 is 11.9 Å². The summed E-state index contributed by atoms with van der Waals surface area (Å²) in [4.78, 5) is 75.5. The van der Waals surface area contributed by atoms with Crippen LogP contribution in [0, 0.1) is 5.41 Å². The molecule has 4 saturated heterocycles. The van der Waals surface area contributed by atoms with Gasteiger partial charge < -0.3 is 40.8 Å². The molecule has 18 nitrogen and oxygen atoms in total. The number of amides is 2. The molecule has 0 radical (unpaired) electrons. The number of nitrogens with zero attached hydrogens (tertiary/aromatic N) is 6. The first-order valence-electron chi connectivity index (χ1n) is 17.3. The van der Waals surface area contributed by atoms with Crippen LogP contribution in [-0.2, 0) is 30.6 Å². The molecule has 7 heterocycles. The van der Waals surface area contributed by atoms with E-state index in [0.717, 1.165) is 30.6 Å². The summed E-state index contributed by atoms with van der Waals surface area (Å²) in [5.41, 5.74) is 3.38. The van der Waals surface area contributed by atoms with Crippen LogP contribution < -0.4 is 16.6 Å². The van der Waals surface area contributed by atoms with Crippen LogP contribution in [0.5, 0.6) is 11.5 Å². The Morgan fingerprint density at radius 1 is 1.18 bits per heavy atom. The van der Waals surface area contributed by atoms with Gasteiger partial charge in [0.05, 0.1) is 42.8 Å². The number of fused-ring (bicyclic) bond motifs is 5. The van der Waals surface area contributed by atoms with Crippen LogP contribution in [0.1, 0.15) is 45.7 Å². The Morgan fingerprint density at radius 3 is 2.45 bits per heavy atom. The number of aromatic nitrogens is 3. The van der Waals surface area contributed by atoms with Gasteiger partial charge in [0.2, 0.25) is 5.60 Å². The molecule has 0 spiro atoms. The maximum atomic E-state index is 13.6. The van der Waals surface area contributed by atoms with E-state index in [1.54, 1.807) is 0 Å². The number of rotatable bonds is 11. The number of oxime groups is 1. The fraction of sp³-hybridized carbons (Fsp3) is 0.471. The fourth-order valence-corrected chi connectivity index (χ4v) is 10.0. The van der Waals surface area contributed by atoms with E-state index in [4.69, 9.17) is 22.2 Å². The maximum Gasteiger partial charge on any atom is 0.352 e. The van der Waals surface area contributed by atoms with Crippen molar-refractivity contribution in [2.75, 3.05) is 31.9 Å². The van der Waals surface area contributed by atoms with Crippen LogP contribution >= 0.6 is 34.7 Å². The molecule has 5 aliphatic heterocycles. The minimum atomic E-state index is -1.79. The fourth-order valence-electron chi connectivity index (χ4n) is 7.74. The Hall–Kier alpha value is -4.92. The lowest BCUT2D eigenvalue weighted by atomic mass is 9.70. The molecule has 0 unspecified atom stereocenters. The summed E-state index contributed by atoms with van der Waals surface area (Å²) in [6.07, 6.45) is 3.67. The second-order valence-corrected chi connectivity index (χ2v) is 17.7. The lowest BCUT2D eigenvalue weighted by molar-refractivity contribution is -0.941. The number of carbonyl (C=O) groups excluding carboxylic acids is 2. The van der Waals surface area contributed by atoms with Crippen molar-refractivity contribution in [3.8, 4) is 11.5 Å². The van der Waals surface area contributed by atoms with E-state index in [2.05, 4.69) is 20.6 Å². The molecule has 2 amide bonds. The number of nitrogen functional groups attached to an aromatic ring is 1. The quantitative estimate of drug-likeness (QED) is 0.0531. The molecular formula is C34H38ClN8O10S2+. The van der Waals surface area contributed by atoms with Crippen molar-refractivity contribution in [3.63, 3.8) is 0 Å². The van der Waals surface area contributed by atoms with Crippen molar-refractivity contribution in [1.29, 1.82) is 0 Å². The summed E-state index contributed by atoms with van der Waals surface area (Å²) in [5, 5.41) is 51.4. The summed E-state index contributed by atoms with van der Waals surface area (Å²) in [6.45, 7) is 7.25. The Kier molecular flexibility index (Phi) is 9.54. The Labute approximate surface area is 325 Å². The van der Waals surface area contributed by atoms with Gasteiger partial charge in [0.25, 0.3) is 17.4 Å². The molecule has 2 bridgehead atoms. The molecule has 4 fully saturated rings. The zero-order valence-corrected chi connectivity index (χ0v) is 32.2. The molecule has 3 atom stereocenters. The minimum Gasteiger partial charge on any atom is -0.504 e. The van der Waals surface area contributed by atoms with Gasteiger partial charge in [-0.05, 0) is 26.8 Å². The number of carboxylic acids is 2. The van der Waals surface area contributed by atoms with E-state index < -0.39 is 63.5 Å². The van der Waals surface area contributed by atoms with E-state index in [1.165, 1.54) is 52.8 Å². The summed E-state index contributed by atoms with van der Waals surface area (Å²) >= 11 is 8.61. The average Bonchev–Trinajstić information content (AvgIpc) is 3.57. The van der Waals surface area contributed by atoms with Gasteiger partial charge in [-0.2, -0.15) is 5.10 Å². The highest BCUT2D eigenvalue weighted by Gasteiger charge is 2.58. The minimum absolute atomic E-state index is 0.00955. The van der Waals surface area contributed by atoms with Gasteiger partial charge in [0, 0.05) is 46.3 Å². The third kappa shape index (κ3) is 6.63. The average molecular weight is 818 g/mol. The van der Waals surface area contributed by atoms with Crippen LogP contribution in [0.4, 0.5) is 5.13 Å². The number of aliphatic carboxylic acids is 2. The van der Waals surface area contributed by atoms with Crippen LogP contribution in [-0.4, -0.2) is 122 Å². The van der Waals surface area contributed by atoms with Crippen molar-refractivity contribution in [1.82, 2.24) is 25.0 Å². The number of hydrogen-bond acceptors (Lipinski definition) is 14. The second kappa shape index (κ2) is 13.7. The highest BCUT2D eigenvalue weighted by molar-refractivity contribution is 8.00. The number of carboxylic acid groups (broad SMARTS) is 2. The first-order chi connectivity index (χ1) is 25.9. The van der Waals surface area contributed by atoms with Gasteiger partial charge in [-0.3, -0.25) is 19.3 Å². The third-order valence-electron chi connectivity index (χ3n) is 11.1. The zero-order valence-electron chi connectivity index (χ0n) is 29.8. The highest BCUT2D eigenvalue weighted by atomic mass is 35.5. The van der Waals surface area contributed by atoms with Crippen molar-refractivity contribution in [2.24, 2.45) is 10.6 Å².